The van der Waals surface area contributed by atoms with Gasteiger partial charge in [-0.15, -0.1) is 0 Å². The summed E-state index contributed by atoms with van der Waals surface area (Å²) in [5.74, 6) is 0.148. The minimum absolute atomic E-state index is 0.0746. The van der Waals surface area contributed by atoms with Crippen LogP contribution in [0.15, 0.2) is 22.7 Å². The number of hydrogen-bond acceptors (Lipinski definition) is 4. The van der Waals surface area contributed by atoms with Crippen molar-refractivity contribution in [3.05, 3.63) is 29.5 Å². The van der Waals surface area contributed by atoms with E-state index in [1.165, 1.54) is 0 Å². The lowest BCUT2D eigenvalue weighted by Gasteiger charge is -2.15. The van der Waals surface area contributed by atoms with Crippen LogP contribution in [0.4, 0.5) is 0 Å². The average molecular weight is 315 g/mol. The number of rotatable bonds is 6. The van der Waals surface area contributed by atoms with Gasteiger partial charge < -0.3 is 14.7 Å². The van der Waals surface area contributed by atoms with Crippen molar-refractivity contribution in [3.63, 3.8) is 0 Å². The van der Waals surface area contributed by atoms with Crippen molar-refractivity contribution in [2.45, 2.75) is 32.6 Å². The Bertz CT molecular complexity index is 723. The second kappa shape index (κ2) is 6.81. The highest BCUT2D eigenvalue weighted by Crippen LogP contribution is 2.20. The van der Waals surface area contributed by atoms with Crippen LogP contribution in [0.1, 0.15) is 30.5 Å². The van der Waals surface area contributed by atoms with E-state index in [1.807, 2.05) is 30.0 Å². The molecule has 1 N–H and O–H groups in total. The molecule has 1 saturated heterocycles. The zero-order valence-electron chi connectivity index (χ0n) is 13.3. The van der Waals surface area contributed by atoms with Crippen molar-refractivity contribution < 1.29 is 14.1 Å². The molecular formula is C17H21N3O3. The van der Waals surface area contributed by atoms with Crippen molar-refractivity contribution in [1.82, 2.24) is 15.4 Å². The van der Waals surface area contributed by atoms with E-state index in [2.05, 4.69) is 10.5 Å². The van der Waals surface area contributed by atoms with Crippen LogP contribution in [0.5, 0.6) is 0 Å². The summed E-state index contributed by atoms with van der Waals surface area (Å²) >= 11 is 0. The molecule has 0 unspecified atom stereocenters. The molecule has 6 heteroatoms. The highest BCUT2D eigenvalue weighted by Gasteiger charge is 2.19. The first-order chi connectivity index (χ1) is 11.1. The van der Waals surface area contributed by atoms with Gasteiger partial charge in [0, 0.05) is 31.4 Å². The molecule has 23 heavy (non-hydrogen) atoms. The Morgan fingerprint density at radius 1 is 1.43 bits per heavy atom. The fraction of sp³-hybridized carbons (Fsp3) is 0.471. The van der Waals surface area contributed by atoms with E-state index in [1.54, 1.807) is 0 Å². The molecule has 2 aromatic rings. The molecule has 0 aliphatic carbocycles. The quantitative estimate of drug-likeness (QED) is 0.825. The number of carbonyl (C=O) groups is 2. The van der Waals surface area contributed by atoms with Gasteiger partial charge in [-0.3, -0.25) is 9.59 Å². The molecule has 0 saturated carbocycles. The van der Waals surface area contributed by atoms with Crippen LogP contribution in [-0.4, -0.2) is 41.5 Å². The second-order valence-electron chi connectivity index (χ2n) is 5.99. The first-order valence-corrected chi connectivity index (χ1v) is 8.03. The minimum atomic E-state index is -0.0746. The first-order valence-electron chi connectivity index (χ1n) is 8.03. The number of nitrogens with one attached hydrogen (secondary N) is 1. The van der Waals surface area contributed by atoms with E-state index < -0.39 is 0 Å². The predicted octanol–water partition coefficient (Wildman–Crippen LogP) is 1.81. The van der Waals surface area contributed by atoms with Gasteiger partial charge in [0.25, 0.3) is 0 Å². The lowest BCUT2D eigenvalue weighted by Crippen LogP contribution is -2.31. The van der Waals surface area contributed by atoms with Crippen LogP contribution in [0, 0.1) is 6.92 Å². The van der Waals surface area contributed by atoms with Crippen molar-refractivity contribution in [2.75, 3.05) is 19.6 Å². The standard InChI is InChI=1S/C17H21N3O3/c1-12-5-6-15-13(10-12)14(19-23-15)11-16(21)18-7-3-9-20-8-2-4-17(20)22/h5-6,10H,2-4,7-9,11H2,1H3,(H,18,21). The molecule has 1 aliphatic heterocycles. The maximum atomic E-state index is 12.0. The highest BCUT2D eigenvalue weighted by atomic mass is 16.5. The van der Waals surface area contributed by atoms with Crippen molar-refractivity contribution in [3.8, 4) is 0 Å². The summed E-state index contributed by atoms with van der Waals surface area (Å²) in [4.78, 5) is 25.4. The second-order valence-corrected chi connectivity index (χ2v) is 5.99. The zero-order chi connectivity index (χ0) is 16.2. The Morgan fingerprint density at radius 3 is 3.09 bits per heavy atom. The molecule has 0 radical (unpaired) electrons. The third-order valence-corrected chi connectivity index (χ3v) is 4.13. The molecule has 1 aliphatic rings. The van der Waals surface area contributed by atoms with Gasteiger partial charge >= 0.3 is 0 Å². The average Bonchev–Trinajstić information content (AvgIpc) is 3.11. The summed E-state index contributed by atoms with van der Waals surface area (Å²) < 4.78 is 5.24. The van der Waals surface area contributed by atoms with Gasteiger partial charge in [-0.1, -0.05) is 16.8 Å². The van der Waals surface area contributed by atoms with Gasteiger partial charge in [0.05, 0.1) is 6.42 Å². The van der Waals surface area contributed by atoms with E-state index in [0.717, 1.165) is 30.3 Å². The SMILES string of the molecule is Cc1ccc2onc(CC(=O)NCCCN3CCCC3=O)c2c1. The Hall–Kier alpha value is -2.37. The third-order valence-electron chi connectivity index (χ3n) is 4.13. The number of hydrogen-bond donors (Lipinski definition) is 1. The molecule has 122 valence electrons. The van der Waals surface area contributed by atoms with E-state index in [9.17, 15) is 9.59 Å². The van der Waals surface area contributed by atoms with Crippen LogP contribution < -0.4 is 5.32 Å². The summed E-state index contributed by atoms with van der Waals surface area (Å²) in [6, 6.07) is 5.80. The maximum absolute atomic E-state index is 12.0. The number of aryl methyl sites for hydroxylation is 1. The van der Waals surface area contributed by atoms with Gasteiger partial charge in [-0.2, -0.15) is 0 Å². The fourth-order valence-corrected chi connectivity index (χ4v) is 2.88. The molecule has 1 fully saturated rings. The van der Waals surface area contributed by atoms with Gasteiger partial charge in [0.15, 0.2) is 5.58 Å². The van der Waals surface area contributed by atoms with E-state index in [4.69, 9.17) is 4.52 Å². The van der Waals surface area contributed by atoms with E-state index in [0.29, 0.717) is 30.8 Å². The monoisotopic (exact) mass is 315 g/mol. The molecule has 0 atom stereocenters. The van der Waals surface area contributed by atoms with Gasteiger partial charge in [-0.25, -0.2) is 0 Å². The lowest BCUT2D eigenvalue weighted by atomic mass is 10.1. The summed E-state index contributed by atoms with van der Waals surface area (Å²) in [7, 11) is 0. The van der Waals surface area contributed by atoms with E-state index >= 15 is 0 Å². The minimum Gasteiger partial charge on any atom is -0.356 e. The van der Waals surface area contributed by atoms with Crippen LogP contribution in [0.25, 0.3) is 11.0 Å². The largest absolute Gasteiger partial charge is 0.356 e. The van der Waals surface area contributed by atoms with Gasteiger partial charge in [-0.05, 0) is 31.9 Å². The molecule has 0 bridgehead atoms. The predicted molar refractivity (Wildman–Crippen MR) is 85.9 cm³/mol. The topological polar surface area (TPSA) is 75.4 Å². The molecular weight excluding hydrogens is 294 g/mol. The number of likely N-dealkylation sites (tertiary alicyclic amines) is 1. The summed E-state index contributed by atoms with van der Waals surface area (Å²) in [6.07, 6.45) is 2.59. The Labute approximate surface area is 134 Å². The highest BCUT2D eigenvalue weighted by molar-refractivity contribution is 5.86. The van der Waals surface area contributed by atoms with Gasteiger partial charge in [0.2, 0.25) is 11.8 Å². The smallest absolute Gasteiger partial charge is 0.226 e. The zero-order valence-corrected chi connectivity index (χ0v) is 13.3. The number of benzene rings is 1. The molecule has 0 spiro atoms. The summed E-state index contributed by atoms with van der Waals surface area (Å²) in [5, 5.41) is 7.76. The normalized spacial score (nSPS) is 14.7. The Balaban J connectivity index is 1.47. The number of aromatic nitrogens is 1. The van der Waals surface area contributed by atoms with Crippen LogP contribution in [-0.2, 0) is 16.0 Å². The lowest BCUT2D eigenvalue weighted by molar-refractivity contribution is -0.127. The van der Waals surface area contributed by atoms with Gasteiger partial charge in [0.1, 0.15) is 5.69 Å². The molecule has 3 rings (SSSR count). The summed E-state index contributed by atoms with van der Waals surface area (Å²) in [6.45, 7) is 4.12. The number of nitrogens with zero attached hydrogens (tertiary/aromatic N) is 2. The fourth-order valence-electron chi connectivity index (χ4n) is 2.88. The molecule has 2 heterocycles. The molecule has 1 aromatic carbocycles. The van der Waals surface area contributed by atoms with Crippen molar-refractivity contribution >= 4 is 22.8 Å². The number of fused-ring (bicyclic) bond motifs is 1. The molecule has 1 aromatic heterocycles. The number of carbonyl (C=O) groups excluding carboxylic acids is 2. The van der Waals surface area contributed by atoms with Crippen molar-refractivity contribution in [2.24, 2.45) is 0 Å². The molecule has 6 nitrogen and oxygen atoms in total. The third kappa shape index (κ3) is 3.70. The van der Waals surface area contributed by atoms with Crippen LogP contribution in [0.2, 0.25) is 0 Å². The maximum Gasteiger partial charge on any atom is 0.226 e. The molecule has 2 amide bonds. The van der Waals surface area contributed by atoms with Crippen LogP contribution >= 0.6 is 0 Å². The Kier molecular flexibility index (Phi) is 4.60. The number of amides is 2. The Morgan fingerprint density at radius 2 is 2.30 bits per heavy atom. The summed E-state index contributed by atoms with van der Waals surface area (Å²) in [5.41, 5.74) is 2.47. The van der Waals surface area contributed by atoms with E-state index in [-0.39, 0.29) is 18.2 Å². The van der Waals surface area contributed by atoms with Crippen LogP contribution in [0.3, 0.4) is 0 Å². The van der Waals surface area contributed by atoms with Crippen molar-refractivity contribution in [1.29, 1.82) is 0 Å². The first kappa shape index (κ1) is 15.5.